The van der Waals surface area contributed by atoms with Gasteiger partial charge in [-0.15, -0.1) is 24.0 Å². The number of nitrogens with one attached hydrogen (secondary N) is 2. The van der Waals surface area contributed by atoms with Crippen molar-refractivity contribution in [2.24, 2.45) is 4.99 Å². The molecule has 0 saturated carbocycles. The monoisotopic (exact) mass is 512 g/mol. The van der Waals surface area contributed by atoms with Crippen LogP contribution in [-0.2, 0) is 0 Å². The van der Waals surface area contributed by atoms with E-state index in [1.54, 1.807) is 0 Å². The van der Waals surface area contributed by atoms with Gasteiger partial charge in [0, 0.05) is 19.5 Å². The molecule has 0 aromatic heterocycles. The number of alkyl halides is 3. The Balaban J connectivity index is 0.00000392. The molecule has 1 aliphatic heterocycles. The van der Waals surface area contributed by atoms with Crippen LogP contribution in [0.1, 0.15) is 50.6 Å². The van der Waals surface area contributed by atoms with Gasteiger partial charge in [0.2, 0.25) is 0 Å². The van der Waals surface area contributed by atoms with E-state index in [1.165, 1.54) is 18.4 Å². The minimum atomic E-state index is -4.07. The summed E-state index contributed by atoms with van der Waals surface area (Å²) in [5.74, 6) is 0.671. The molecule has 2 N–H and O–H groups in total. The molecule has 0 aliphatic carbocycles. The highest BCUT2D eigenvalue weighted by molar-refractivity contribution is 14.0. The largest absolute Gasteiger partial charge is 0.389 e. The molecule has 160 valence electrons. The van der Waals surface area contributed by atoms with E-state index >= 15 is 0 Å². The molecule has 1 fully saturated rings. The van der Waals surface area contributed by atoms with Crippen LogP contribution in [0.15, 0.2) is 35.3 Å². The van der Waals surface area contributed by atoms with E-state index in [0.29, 0.717) is 32.0 Å². The molecule has 1 atom stereocenters. The molecule has 0 amide bonds. The van der Waals surface area contributed by atoms with E-state index in [4.69, 9.17) is 4.99 Å². The minimum Gasteiger partial charge on any atom is -0.357 e. The van der Waals surface area contributed by atoms with Gasteiger partial charge in [-0.2, -0.15) is 13.2 Å². The zero-order valence-electron chi connectivity index (χ0n) is 16.5. The summed E-state index contributed by atoms with van der Waals surface area (Å²) >= 11 is 0. The van der Waals surface area contributed by atoms with E-state index in [2.05, 4.69) is 27.7 Å². The smallest absolute Gasteiger partial charge is 0.357 e. The van der Waals surface area contributed by atoms with Crippen molar-refractivity contribution in [3.05, 3.63) is 35.9 Å². The van der Waals surface area contributed by atoms with Gasteiger partial charge in [0.25, 0.3) is 0 Å². The minimum absolute atomic E-state index is 0. The lowest BCUT2D eigenvalue weighted by Crippen LogP contribution is -2.39. The highest BCUT2D eigenvalue weighted by atomic mass is 127. The lowest BCUT2D eigenvalue weighted by molar-refractivity contribution is -0.135. The van der Waals surface area contributed by atoms with Gasteiger partial charge >= 0.3 is 6.18 Å². The number of hydrogen-bond acceptors (Lipinski definition) is 2. The van der Waals surface area contributed by atoms with Gasteiger partial charge in [0.1, 0.15) is 0 Å². The Labute approximate surface area is 183 Å². The number of halogens is 4. The first-order valence-electron chi connectivity index (χ1n) is 9.87. The lowest BCUT2D eigenvalue weighted by Gasteiger charge is -2.27. The molecule has 1 saturated heterocycles. The van der Waals surface area contributed by atoms with Crippen LogP contribution in [0.25, 0.3) is 0 Å². The fourth-order valence-electron chi connectivity index (χ4n) is 3.34. The maximum atomic E-state index is 12.2. The SMILES string of the molecule is CCNC(=NCC(c1ccccc1)N1CCCC1)NCCCCC(F)(F)F.I. The third-order valence-corrected chi connectivity index (χ3v) is 4.71. The molecule has 0 bridgehead atoms. The van der Waals surface area contributed by atoms with Crippen LogP contribution in [0.3, 0.4) is 0 Å². The Hall–Kier alpha value is -1.03. The molecule has 8 heteroatoms. The second-order valence-corrected chi connectivity index (χ2v) is 6.89. The third kappa shape index (κ3) is 9.45. The molecule has 1 aromatic rings. The number of nitrogens with zero attached hydrogens (tertiary/aromatic N) is 2. The number of guanidine groups is 1. The zero-order valence-corrected chi connectivity index (χ0v) is 18.8. The Morgan fingerprint density at radius 3 is 2.39 bits per heavy atom. The fraction of sp³-hybridized carbons (Fsp3) is 0.650. The van der Waals surface area contributed by atoms with Crippen molar-refractivity contribution < 1.29 is 13.2 Å². The van der Waals surface area contributed by atoms with Gasteiger partial charge in [-0.3, -0.25) is 9.89 Å². The summed E-state index contributed by atoms with van der Waals surface area (Å²) in [6.45, 7) is 5.97. The van der Waals surface area contributed by atoms with E-state index < -0.39 is 12.6 Å². The average molecular weight is 512 g/mol. The summed E-state index contributed by atoms with van der Waals surface area (Å²) < 4.78 is 36.7. The number of unbranched alkanes of at least 4 members (excludes halogenated alkanes) is 1. The van der Waals surface area contributed by atoms with Crippen molar-refractivity contribution >= 4 is 29.9 Å². The van der Waals surface area contributed by atoms with Crippen LogP contribution in [0.4, 0.5) is 13.2 Å². The van der Waals surface area contributed by atoms with E-state index in [0.717, 1.165) is 13.1 Å². The Bertz CT molecular complexity index is 560. The predicted molar refractivity (Wildman–Crippen MR) is 119 cm³/mol. The molecular formula is C20H32F3IN4. The third-order valence-electron chi connectivity index (χ3n) is 4.71. The molecule has 0 spiro atoms. The summed E-state index contributed by atoms with van der Waals surface area (Å²) in [4.78, 5) is 7.18. The van der Waals surface area contributed by atoms with Crippen molar-refractivity contribution in [1.82, 2.24) is 15.5 Å². The first-order valence-corrected chi connectivity index (χ1v) is 9.87. The topological polar surface area (TPSA) is 39.7 Å². The second kappa shape index (κ2) is 13.2. The van der Waals surface area contributed by atoms with Gasteiger partial charge in [0.05, 0.1) is 12.6 Å². The number of hydrogen-bond donors (Lipinski definition) is 2. The standard InChI is InChI=1S/C20H31F3N4.HI/c1-2-24-19(25-13-7-6-12-20(21,22)23)26-16-18(27-14-8-9-15-27)17-10-4-3-5-11-17;/h3-5,10-11,18H,2,6-9,12-16H2,1H3,(H2,24,25,26);1H. The normalized spacial score (nSPS) is 16.5. The van der Waals surface area contributed by atoms with Gasteiger partial charge in [0.15, 0.2) is 5.96 Å². The van der Waals surface area contributed by atoms with Gasteiger partial charge in [-0.05, 0) is 51.3 Å². The molecule has 4 nitrogen and oxygen atoms in total. The highest BCUT2D eigenvalue weighted by Crippen LogP contribution is 2.25. The summed E-state index contributed by atoms with van der Waals surface area (Å²) in [6.07, 6.45) is -1.77. The van der Waals surface area contributed by atoms with Crippen LogP contribution in [-0.4, -0.2) is 49.8 Å². The summed E-state index contributed by atoms with van der Waals surface area (Å²) in [5.41, 5.74) is 1.25. The Kier molecular flexibility index (Phi) is 11.8. The van der Waals surface area contributed by atoms with Crippen LogP contribution in [0, 0.1) is 0 Å². The molecule has 0 radical (unpaired) electrons. The van der Waals surface area contributed by atoms with Gasteiger partial charge in [-0.1, -0.05) is 30.3 Å². The number of aliphatic imine (C=N–C) groups is 1. The predicted octanol–water partition coefficient (Wildman–Crippen LogP) is 4.73. The maximum absolute atomic E-state index is 12.2. The van der Waals surface area contributed by atoms with Crippen LogP contribution >= 0.6 is 24.0 Å². The molecule has 1 aromatic carbocycles. The van der Waals surface area contributed by atoms with Crippen molar-refractivity contribution in [3.8, 4) is 0 Å². The summed E-state index contributed by atoms with van der Waals surface area (Å²) in [6, 6.07) is 10.6. The first kappa shape index (κ1) is 25.0. The average Bonchev–Trinajstić information content (AvgIpc) is 3.16. The molecule has 28 heavy (non-hydrogen) atoms. The van der Waals surface area contributed by atoms with Crippen LogP contribution < -0.4 is 10.6 Å². The van der Waals surface area contributed by atoms with Crippen molar-refractivity contribution in [2.45, 2.75) is 51.2 Å². The van der Waals surface area contributed by atoms with Crippen molar-refractivity contribution in [3.63, 3.8) is 0 Å². The van der Waals surface area contributed by atoms with E-state index in [1.807, 2.05) is 25.1 Å². The van der Waals surface area contributed by atoms with Gasteiger partial charge in [-0.25, -0.2) is 0 Å². The molecular weight excluding hydrogens is 480 g/mol. The van der Waals surface area contributed by atoms with Crippen molar-refractivity contribution in [2.75, 3.05) is 32.7 Å². The van der Waals surface area contributed by atoms with Crippen LogP contribution in [0.5, 0.6) is 0 Å². The van der Waals surface area contributed by atoms with Crippen molar-refractivity contribution in [1.29, 1.82) is 0 Å². The molecule has 2 rings (SSSR count). The maximum Gasteiger partial charge on any atom is 0.389 e. The van der Waals surface area contributed by atoms with Crippen LogP contribution in [0.2, 0.25) is 0 Å². The van der Waals surface area contributed by atoms with E-state index in [9.17, 15) is 13.2 Å². The number of benzene rings is 1. The summed E-state index contributed by atoms with van der Waals surface area (Å²) in [5, 5.41) is 6.34. The molecule has 1 heterocycles. The Morgan fingerprint density at radius 1 is 1.11 bits per heavy atom. The molecule has 1 aliphatic rings. The highest BCUT2D eigenvalue weighted by Gasteiger charge is 2.26. The molecule has 1 unspecified atom stereocenters. The van der Waals surface area contributed by atoms with Gasteiger partial charge < -0.3 is 10.6 Å². The Morgan fingerprint density at radius 2 is 1.79 bits per heavy atom. The first-order chi connectivity index (χ1) is 13.0. The second-order valence-electron chi connectivity index (χ2n) is 6.89. The quantitative estimate of drug-likeness (QED) is 0.218. The van der Waals surface area contributed by atoms with E-state index in [-0.39, 0.29) is 36.4 Å². The lowest BCUT2D eigenvalue weighted by atomic mass is 10.1. The zero-order chi connectivity index (χ0) is 19.5. The number of rotatable bonds is 9. The fourth-order valence-corrected chi connectivity index (χ4v) is 3.34. The number of likely N-dealkylation sites (tertiary alicyclic amines) is 1. The summed E-state index contributed by atoms with van der Waals surface area (Å²) in [7, 11) is 0.